The summed E-state index contributed by atoms with van der Waals surface area (Å²) < 4.78 is 0. The average Bonchev–Trinajstić information content (AvgIpc) is 2.45. The topological polar surface area (TPSA) is 63.1 Å². The second kappa shape index (κ2) is 6.10. The van der Waals surface area contributed by atoms with Crippen LogP contribution in [0.2, 0.25) is 0 Å². The molecular weight excluding hydrogens is 252 g/mol. The van der Waals surface area contributed by atoms with Crippen LogP contribution in [-0.2, 0) is 0 Å². The fourth-order valence-electron chi connectivity index (χ4n) is 1.83. The highest BCUT2D eigenvalue weighted by Crippen LogP contribution is 2.17. The minimum Gasteiger partial charge on any atom is -0.478 e. The summed E-state index contributed by atoms with van der Waals surface area (Å²) in [6.07, 6.45) is 5.06. The zero-order chi connectivity index (χ0) is 14.5. The van der Waals surface area contributed by atoms with Crippen LogP contribution < -0.4 is 0 Å². The summed E-state index contributed by atoms with van der Waals surface area (Å²) in [6, 6.07) is 9.81. The van der Waals surface area contributed by atoms with E-state index >= 15 is 0 Å². The molecule has 1 aromatic heterocycles. The first-order valence-electron chi connectivity index (χ1n) is 6.41. The molecule has 0 amide bonds. The van der Waals surface area contributed by atoms with Gasteiger partial charge in [0.25, 0.3) is 0 Å². The number of benzene rings is 1. The van der Waals surface area contributed by atoms with Gasteiger partial charge in [0.15, 0.2) is 5.82 Å². The molecule has 2 rings (SSSR count). The molecule has 0 unspecified atom stereocenters. The van der Waals surface area contributed by atoms with Crippen LogP contribution in [0, 0.1) is 0 Å². The van der Waals surface area contributed by atoms with Crippen molar-refractivity contribution in [2.75, 3.05) is 0 Å². The Morgan fingerprint density at radius 1 is 1.20 bits per heavy atom. The Bertz CT molecular complexity index is 634. The van der Waals surface area contributed by atoms with Crippen LogP contribution in [0.4, 0.5) is 0 Å². The zero-order valence-corrected chi connectivity index (χ0v) is 11.4. The highest BCUT2D eigenvalue weighted by atomic mass is 16.4. The summed E-state index contributed by atoms with van der Waals surface area (Å²) >= 11 is 0. The molecule has 1 aromatic carbocycles. The fraction of sp³-hybridized carbons (Fsp3) is 0.188. The Labute approximate surface area is 117 Å². The van der Waals surface area contributed by atoms with Crippen LogP contribution in [0.15, 0.2) is 36.5 Å². The molecule has 0 bridgehead atoms. The second-order valence-electron chi connectivity index (χ2n) is 4.73. The molecule has 20 heavy (non-hydrogen) atoms. The van der Waals surface area contributed by atoms with E-state index < -0.39 is 5.97 Å². The van der Waals surface area contributed by atoms with Gasteiger partial charge in [0.2, 0.25) is 0 Å². The quantitative estimate of drug-likeness (QED) is 0.922. The van der Waals surface area contributed by atoms with Crippen LogP contribution in [0.25, 0.3) is 12.2 Å². The third kappa shape index (κ3) is 3.29. The molecule has 4 heteroatoms. The number of nitrogens with zero attached hydrogens (tertiary/aromatic N) is 2. The maximum absolute atomic E-state index is 11.1. The summed E-state index contributed by atoms with van der Waals surface area (Å²) in [5, 5.41) is 9.12. The van der Waals surface area contributed by atoms with E-state index in [1.54, 1.807) is 6.08 Å². The van der Waals surface area contributed by atoms with E-state index in [0.29, 0.717) is 11.5 Å². The molecule has 0 fully saturated rings. The van der Waals surface area contributed by atoms with Gasteiger partial charge in [-0.25, -0.2) is 14.8 Å². The lowest BCUT2D eigenvalue weighted by Crippen LogP contribution is -2.08. The predicted molar refractivity (Wildman–Crippen MR) is 78.5 cm³/mol. The first kappa shape index (κ1) is 13.9. The van der Waals surface area contributed by atoms with Crippen molar-refractivity contribution >= 4 is 18.1 Å². The summed E-state index contributed by atoms with van der Waals surface area (Å²) in [7, 11) is 0. The van der Waals surface area contributed by atoms with Gasteiger partial charge in [0, 0.05) is 6.20 Å². The second-order valence-corrected chi connectivity index (χ2v) is 4.73. The normalized spacial score (nSPS) is 11.2. The van der Waals surface area contributed by atoms with Crippen molar-refractivity contribution in [2.45, 2.75) is 19.8 Å². The van der Waals surface area contributed by atoms with Crippen LogP contribution in [0.1, 0.15) is 47.2 Å². The van der Waals surface area contributed by atoms with Crippen molar-refractivity contribution in [3.63, 3.8) is 0 Å². The summed E-state index contributed by atoms with van der Waals surface area (Å²) in [5.74, 6) is -0.442. The molecule has 0 atom stereocenters. The van der Waals surface area contributed by atoms with Gasteiger partial charge in [-0.1, -0.05) is 50.3 Å². The van der Waals surface area contributed by atoms with Gasteiger partial charge in [0.05, 0.1) is 11.3 Å². The number of aromatic carboxylic acids is 1. The molecule has 1 N–H and O–H groups in total. The van der Waals surface area contributed by atoms with Crippen LogP contribution >= 0.6 is 0 Å². The number of carboxylic acid groups (broad SMARTS) is 1. The Morgan fingerprint density at radius 2 is 1.90 bits per heavy atom. The summed E-state index contributed by atoms with van der Waals surface area (Å²) in [4.78, 5) is 19.5. The average molecular weight is 268 g/mol. The van der Waals surface area contributed by atoms with E-state index in [-0.39, 0.29) is 11.5 Å². The first-order valence-corrected chi connectivity index (χ1v) is 6.41. The monoisotopic (exact) mass is 268 g/mol. The largest absolute Gasteiger partial charge is 0.478 e. The minimum atomic E-state index is -0.993. The highest BCUT2D eigenvalue weighted by molar-refractivity contribution is 5.88. The zero-order valence-electron chi connectivity index (χ0n) is 11.4. The van der Waals surface area contributed by atoms with Crippen molar-refractivity contribution in [1.82, 2.24) is 9.97 Å². The number of rotatable bonds is 4. The van der Waals surface area contributed by atoms with Gasteiger partial charge in [-0.05, 0) is 17.6 Å². The van der Waals surface area contributed by atoms with E-state index in [4.69, 9.17) is 5.11 Å². The molecule has 4 nitrogen and oxygen atoms in total. The lowest BCUT2D eigenvalue weighted by molar-refractivity contribution is 0.0694. The molecule has 0 aliphatic rings. The van der Waals surface area contributed by atoms with Crippen molar-refractivity contribution in [3.8, 4) is 0 Å². The van der Waals surface area contributed by atoms with Gasteiger partial charge in [-0.15, -0.1) is 0 Å². The highest BCUT2D eigenvalue weighted by Gasteiger charge is 2.15. The third-order valence-electron chi connectivity index (χ3n) is 2.84. The van der Waals surface area contributed by atoms with Gasteiger partial charge < -0.3 is 5.11 Å². The molecule has 0 radical (unpaired) electrons. The summed E-state index contributed by atoms with van der Waals surface area (Å²) in [5.41, 5.74) is 1.77. The molecule has 0 aliphatic carbocycles. The van der Waals surface area contributed by atoms with Gasteiger partial charge in [-0.3, -0.25) is 0 Å². The van der Waals surface area contributed by atoms with Gasteiger partial charge in [-0.2, -0.15) is 0 Å². The number of hydrogen-bond acceptors (Lipinski definition) is 3. The lowest BCUT2D eigenvalue weighted by Gasteiger charge is -2.08. The van der Waals surface area contributed by atoms with Crippen LogP contribution in [0.3, 0.4) is 0 Å². The van der Waals surface area contributed by atoms with E-state index in [9.17, 15) is 4.79 Å². The Balaban J connectivity index is 2.32. The van der Waals surface area contributed by atoms with E-state index in [0.717, 1.165) is 5.56 Å². The third-order valence-corrected chi connectivity index (χ3v) is 2.84. The minimum absolute atomic E-state index is 0.0352. The Hall–Kier alpha value is -2.49. The van der Waals surface area contributed by atoms with E-state index in [1.165, 1.54) is 6.20 Å². The first-order chi connectivity index (χ1) is 9.58. The van der Waals surface area contributed by atoms with Crippen molar-refractivity contribution in [1.29, 1.82) is 0 Å². The van der Waals surface area contributed by atoms with E-state index in [1.807, 2.05) is 50.3 Å². The molecule has 1 heterocycles. The van der Waals surface area contributed by atoms with Crippen molar-refractivity contribution < 1.29 is 9.90 Å². The number of carbonyl (C=O) groups is 1. The number of carboxylic acids is 1. The SMILES string of the molecule is CC(C)c1nc(/C=C\c2ccccc2)ncc1C(=O)O. The fourth-order valence-corrected chi connectivity index (χ4v) is 1.83. The predicted octanol–water partition coefficient (Wildman–Crippen LogP) is 3.47. The molecular formula is C16H16N2O2. The Morgan fingerprint density at radius 3 is 2.50 bits per heavy atom. The van der Waals surface area contributed by atoms with Crippen molar-refractivity contribution in [2.24, 2.45) is 0 Å². The van der Waals surface area contributed by atoms with Crippen LogP contribution in [-0.4, -0.2) is 21.0 Å². The molecule has 0 saturated heterocycles. The maximum atomic E-state index is 11.1. The number of hydrogen-bond donors (Lipinski definition) is 1. The Kier molecular flexibility index (Phi) is 4.25. The molecule has 0 aliphatic heterocycles. The van der Waals surface area contributed by atoms with Gasteiger partial charge >= 0.3 is 5.97 Å². The molecule has 0 saturated carbocycles. The molecule has 102 valence electrons. The maximum Gasteiger partial charge on any atom is 0.339 e. The molecule has 0 spiro atoms. The smallest absolute Gasteiger partial charge is 0.339 e. The number of aromatic nitrogens is 2. The van der Waals surface area contributed by atoms with Crippen molar-refractivity contribution in [3.05, 3.63) is 59.2 Å². The summed E-state index contributed by atoms with van der Waals surface area (Å²) in [6.45, 7) is 3.83. The van der Waals surface area contributed by atoms with E-state index in [2.05, 4.69) is 9.97 Å². The standard InChI is InChI=1S/C16H16N2O2/c1-11(2)15-13(16(19)20)10-17-14(18-15)9-8-12-6-4-3-5-7-12/h3-11H,1-2H3,(H,19,20)/b9-8-. The lowest BCUT2D eigenvalue weighted by atomic mass is 10.1. The molecule has 2 aromatic rings. The van der Waals surface area contributed by atoms with Gasteiger partial charge in [0.1, 0.15) is 0 Å². The van der Waals surface area contributed by atoms with Crippen LogP contribution in [0.5, 0.6) is 0 Å².